The molecule has 1 atom stereocenters. The van der Waals surface area contributed by atoms with Crippen molar-refractivity contribution in [3.05, 3.63) is 59.7 Å². The van der Waals surface area contributed by atoms with Crippen LogP contribution < -0.4 is 9.64 Å². The van der Waals surface area contributed by atoms with E-state index in [2.05, 4.69) is 4.74 Å². The maximum atomic E-state index is 12.9. The summed E-state index contributed by atoms with van der Waals surface area (Å²) in [6, 6.07) is 10.0. The van der Waals surface area contributed by atoms with Crippen LogP contribution >= 0.6 is 0 Å². The number of anilines is 1. The standard InChI is InChI=1S/C20H16F3NO5/c1-28-18(26)12-5-7-16(8-6-12)29-19(27)13-9-17(25)24(11-13)15-4-2-3-14(10-15)20(21,22)23/h2-8,10,13H,9,11H2,1H3/t13-/m0/s1. The molecule has 3 rings (SSSR count). The highest BCUT2D eigenvalue weighted by Gasteiger charge is 2.37. The number of methoxy groups -OCH3 is 1. The second kappa shape index (κ2) is 7.94. The lowest BCUT2D eigenvalue weighted by Crippen LogP contribution is -2.27. The molecular formula is C20H16F3NO5. The Kier molecular flexibility index (Phi) is 5.58. The van der Waals surface area contributed by atoms with Gasteiger partial charge >= 0.3 is 18.1 Å². The first kappa shape index (κ1) is 20.4. The number of carbonyl (C=O) groups is 3. The number of carbonyl (C=O) groups excluding carboxylic acids is 3. The summed E-state index contributed by atoms with van der Waals surface area (Å²) in [5.41, 5.74) is -0.527. The third-order valence-electron chi connectivity index (χ3n) is 4.44. The topological polar surface area (TPSA) is 72.9 Å². The first-order chi connectivity index (χ1) is 13.7. The van der Waals surface area contributed by atoms with Gasteiger partial charge in [-0.2, -0.15) is 13.2 Å². The molecule has 0 aliphatic carbocycles. The minimum absolute atomic E-state index is 0.0718. The van der Waals surface area contributed by atoms with Gasteiger partial charge in [-0.25, -0.2) is 4.79 Å². The van der Waals surface area contributed by atoms with Crippen LogP contribution in [0, 0.1) is 5.92 Å². The van der Waals surface area contributed by atoms with Gasteiger partial charge in [-0.3, -0.25) is 9.59 Å². The summed E-state index contributed by atoms with van der Waals surface area (Å²) < 4.78 is 48.5. The highest BCUT2D eigenvalue weighted by Crippen LogP contribution is 2.33. The zero-order valence-electron chi connectivity index (χ0n) is 15.2. The normalized spacial score (nSPS) is 16.6. The maximum absolute atomic E-state index is 12.9. The molecule has 1 aliphatic rings. The lowest BCUT2D eigenvalue weighted by atomic mass is 10.1. The Hall–Kier alpha value is -3.36. The molecule has 29 heavy (non-hydrogen) atoms. The van der Waals surface area contributed by atoms with Crippen LogP contribution in [0.3, 0.4) is 0 Å². The Morgan fingerprint density at radius 1 is 1.10 bits per heavy atom. The smallest absolute Gasteiger partial charge is 0.416 e. The predicted octanol–water partition coefficient (Wildman–Crippen LogP) is 3.45. The van der Waals surface area contributed by atoms with Gasteiger partial charge in [-0.1, -0.05) is 6.07 Å². The molecular weight excluding hydrogens is 391 g/mol. The van der Waals surface area contributed by atoms with Gasteiger partial charge in [0.05, 0.1) is 24.2 Å². The molecule has 9 heteroatoms. The molecule has 0 unspecified atom stereocenters. The molecule has 0 aromatic heterocycles. The average molecular weight is 407 g/mol. The Bertz CT molecular complexity index is 940. The minimum Gasteiger partial charge on any atom is -0.465 e. The van der Waals surface area contributed by atoms with Gasteiger partial charge in [-0.05, 0) is 42.5 Å². The maximum Gasteiger partial charge on any atom is 0.416 e. The molecule has 2 aromatic carbocycles. The van der Waals surface area contributed by atoms with Crippen molar-refractivity contribution in [2.45, 2.75) is 12.6 Å². The highest BCUT2D eigenvalue weighted by atomic mass is 19.4. The van der Waals surface area contributed by atoms with E-state index >= 15 is 0 Å². The molecule has 0 bridgehead atoms. The minimum atomic E-state index is -4.53. The van der Waals surface area contributed by atoms with E-state index < -0.39 is 35.5 Å². The number of ether oxygens (including phenoxy) is 2. The number of nitrogens with zero attached hydrogens (tertiary/aromatic N) is 1. The fraction of sp³-hybridized carbons (Fsp3) is 0.250. The van der Waals surface area contributed by atoms with Crippen molar-refractivity contribution in [1.82, 2.24) is 0 Å². The average Bonchev–Trinajstić information content (AvgIpc) is 3.09. The van der Waals surface area contributed by atoms with Crippen molar-refractivity contribution in [1.29, 1.82) is 0 Å². The third kappa shape index (κ3) is 4.56. The molecule has 1 amide bonds. The summed E-state index contributed by atoms with van der Waals surface area (Å²) in [4.78, 5) is 37.2. The van der Waals surface area contributed by atoms with Crippen LogP contribution in [0.2, 0.25) is 0 Å². The zero-order valence-corrected chi connectivity index (χ0v) is 15.2. The molecule has 0 spiro atoms. The Balaban J connectivity index is 1.68. The number of hydrogen-bond acceptors (Lipinski definition) is 5. The van der Waals surface area contributed by atoms with Crippen LogP contribution in [-0.2, 0) is 20.5 Å². The number of amides is 1. The molecule has 2 aromatic rings. The molecule has 0 saturated carbocycles. The monoisotopic (exact) mass is 407 g/mol. The van der Waals surface area contributed by atoms with E-state index in [-0.39, 0.29) is 30.0 Å². The van der Waals surface area contributed by atoms with Crippen LogP contribution in [-0.4, -0.2) is 31.5 Å². The van der Waals surface area contributed by atoms with Crippen LogP contribution in [0.25, 0.3) is 0 Å². The second-order valence-corrected chi connectivity index (χ2v) is 6.39. The quantitative estimate of drug-likeness (QED) is 0.574. The van der Waals surface area contributed by atoms with Gasteiger partial charge in [0.25, 0.3) is 0 Å². The van der Waals surface area contributed by atoms with Crippen LogP contribution in [0.15, 0.2) is 48.5 Å². The molecule has 0 radical (unpaired) electrons. The molecule has 1 fully saturated rings. The summed E-state index contributed by atoms with van der Waals surface area (Å²) in [6.07, 6.45) is -4.71. The van der Waals surface area contributed by atoms with Gasteiger partial charge in [0.15, 0.2) is 0 Å². The lowest BCUT2D eigenvalue weighted by molar-refractivity contribution is -0.139. The molecule has 152 valence electrons. The van der Waals surface area contributed by atoms with E-state index in [1.165, 1.54) is 43.5 Å². The fourth-order valence-electron chi connectivity index (χ4n) is 2.94. The number of esters is 2. The van der Waals surface area contributed by atoms with Gasteiger partial charge in [0.1, 0.15) is 5.75 Å². The largest absolute Gasteiger partial charge is 0.465 e. The summed E-state index contributed by atoms with van der Waals surface area (Å²) in [6.45, 7) is -0.0841. The Morgan fingerprint density at radius 3 is 2.41 bits per heavy atom. The fourth-order valence-corrected chi connectivity index (χ4v) is 2.94. The molecule has 1 saturated heterocycles. The van der Waals surface area contributed by atoms with E-state index in [0.29, 0.717) is 0 Å². The van der Waals surface area contributed by atoms with Crippen molar-refractivity contribution in [2.24, 2.45) is 5.92 Å². The van der Waals surface area contributed by atoms with Crippen molar-refractivity contribution in [3.63, 3.8) is 0 Å². The summed E-state index contributed by atoms with van der Waals surface area (Å²) in [5.74, 6) is -2.34. The number of halogens is 3. The highest BCUT2D eigenvalue weighted by molar-refractivity contribution is 5.99. The first-order valence-corrected chi connectivity index (χ1v) is 8.56. The third-order valence-corrected chi connectivity index (χ3v) is 4.44. The number of rotatable bonds is 4. The number of alkyl halides is 3. The van der Waals surface area contributed by atoms with Gasteiger partial charge < -0.3 is 14.4 Å². The summed E-state index contributed by atoms with van der Waals surface area (Å²) in [7, 11) is 1.24. The van der Waals surface area contributed by atoms with E-state index in [1.54, 1.807) is 0 Å². The summed E-state index contributed by atoms with van der Waals surface area (Å²) >= 11 is 0. The van der Waals surface area contributed by atoms with Crippen molar-refractivity contribution >= 4 is 23.5 Å². The van der Waals surface area contributed by atoms with Crippen molar-refractivity contribution in [2.75, 3.05) is 18.6 Å². The molecule has 1 heterocycles. The van der Waals surface area contributed by atoms with Crippen LogP contribution in [0.4, 0.5) is 18.9 Å². The van der Waals surface area contributed by atoms with E-state index in [1.807, 2.05) is 0 Å². The SMILES string of the molecule is COC(=O)c1ccc(OC(=O)[C@H]2CC(=O)N(c3cccc(C(F)(F)F)c3)C2)cc1. The Morgan fingerprint density at radius 2 is 1.79 bits per heavy atom. The first-order valence-electron chi connectivity index (χ1n) is 8.56. The zero-order chi connectivity index (χ0) is 21.2. The Labute approximate surface area is 163 Å². The van der Waals surface area contributed by atoms with Crippen molar-refractivity contribution in [3.8, 4) is 5.75 Å². The van der Waals surface area contributed by atoms with Gasteiger partial charge in [0, 0.05) is 18.7 Å². The van der Waals surface area contributed by atoms with E-state index in [0.717, 1.165) is 17.0 Å². The second-order valence-electron chi connectivity index (χ2n) is 6.39. The van der Waals surface area contributed by atoms with Gasteiger partial charge in [0.2, 0.25) is 5.91 Å². The van der Waals surface area contributed by atoms with Crippen LogP contribution in [0.5, 0.6) is 5.75 Å². The molecule has 0 N–H and O–H groups in total. The van der Waals surface area contributed by atoms with E-state index in [4.69, 9.17) is 4.74 Å². The molecule has 1 aliphatic heterocycles. The summed E-state index contributed by atoms with van der Waals surface area (Å²) in [5, 5.41) is 0. The van der Waals surface area contributed by atoms with Crippen LogP contribution in [0.1, 0.15) is 22.3 Å². The number of hydrogen-bond donors (Lipinski definition) is 0. The lowest BCUT2D eigenvalue weighted by Gasteiger charge is -2.18. The van der Waals surface area contributed by atoms with E-state index in [9.17, 15) is 27.6 Å². The molecule has 6 nitrogen and oxygen atoms in total. The number of benzene rings is 2. The predicted molar refractivity (Wildman–Crippen MR) is 95.3 cm³/mol. The van der Waals surface area contributed by atoms with Crippen molar-refractivity contribution < 1.29 is 37.0 Å². The van der Waals surface area contributed by atoms with Gasteiger partial charge in [-0.15, -0.1) is 0 Å².